The van der Waals surface area contributed by atoms with E-state index < -0.39 is 0 Å². The molecule has 144 valence electrons. The first-order valence-corrected chi connectivity index (χ1v) is 9.30. The summed E-state index contributed by atoms with van der Waals surface area (Å²) in [6.07, 6.45) is 10.4. The van der Waals surface area contributed by atoms with Crippen molar-refractivity contribution in [1.29, 1.82) is 5.41 Å². The topological polar surface area (TPSA) is 81.6 Å². The van der Waals surface area contributed by atoms with Crippen LogP contribution in [0.15, 0.2) is 70.5 Å². The van der Waals surface area contributed by atoms with Gasteiger partial charge in [-0.15, -0.1) is 0 Å². The zero-order chi connectivity index (χ0) is 19.5. The van der Waals surface area contributed by atoms with Gasteiger partial charge in [0.2, 0.25) is 0 Å². The van der Waals surface area contributed by atoms with Crippen LogP contribution in [0.25, 0.3) is 0 Å². The molecule has 0 spiro atoms. The SMILES string of the molecule is CC/C=C\C(C)(CC/N=C(\C=N)c1ccoc1)N[C@H](CO)c1ccccc1. The van der Waals surface area contributed by atoms with E-state index in [9.17, 15) is 5.11 Å². The second kappa shape index (κ2) is 10.6. The van der Waals surface area contributed by atoms with Crippen LogP contribution in [-0.2, 0) is 0 Å². The first kappa shape index (κ1) is 20.8. The van der Waals surface area contributed by atoms with Crippen molar-refractivity contribution >= 4 is 11.9 Å². The number of furan rings is 1. The van der Waals surface area contributed by atoms with E-state index in [0.29, 0.717) is 12.3 Å². The van der Waals surface area contributed by atoms with E-state index in [0.717, 1.165) is 24.0 Å². The van der Waals surface area contributed by atoms with Crippen molar-refractivity contribution in [3.63, 3.8) is 0 Å². The van der Waals surface area contributed by atoms with Gasteiger partial charge in [-0.3, -0.25) is 10.3 Å². The second-order valence-electron chi connectivity index (χ2n) is 6.69. The van der Waals surface area contributed by atoms with E-state index in [1.165, 1.54) is 6.21 Å². The molecule has 27 heavy (non-hydrogen) atoms. The zero-order valence-electron chi connectivity index (χ0n) is 16.1. The summed E-state index contributed by atoms with van der Waals surface area (Å²) in [4.78, 5) is 4.56. The summed E-state index contributed by atoms with van der Waals surface area (Å²) in [6, 6.07) is 11.6. The Kier molecular flexibility index (Phi) is 8.17. The van der Waals surface area contributed by atoms with Gasteiger partial charge in [0, 0.05) is 23.9 Å². The van der Waals surface area contributed by atoms with Gasteiger partial charge in [0.1, 0.15) is 0 Å². The fourth-order valence-corrected chi connectivity index (χ4v) is 2.94. The molecule has 2 atom stereocenters. The van der Waals surface area contributed by atoms with E-state index in [1.807, 2.05) is 30.3 Å². The molecule has 1 unspecified atom stereocenters. The van der Waals surface area contributed by atoms with Crippen LogP contribution < -0.4 is 5.32 Å². The third-order valence-corrected chi connectivity index (χ3v) is 4.48. The Morgan fingerprint density at radius 3 is 2.70 bits per heavy atom. The van der Waals surface area contributed by atoms with Gasteiger partial charge < -0.3 is 14.9 Å². The summed E-state index contributed by atoms with van der Waals surface area (Å²) in [6.45, 7) is 4.79. The first-order valence-electron chi connectivity index (χ1n) is 9.30. The molecular weight excluding hydrogens is 338 g/mol. The average molecular weight is 367 g/mol. The monoisotopic (exact) mass is 367 g/mol. The van der Waals surface area contributed by atoms with E-state index in [4.69, 9.17) is 9.83 Å². The third-order valence-electron chi connectivity index (χ3n) is 4.48. The molecule has 1 aromatic heterocycles. The third kappa shape index (κ3) is 6.31. The van der Waals surface area contributed by atoms with Crippen molar-refractivity contribution in [2.24, 2.45) is 4.99 Å². The molecule has 1 aromatic carbocycles. The maximum absolute atomic E-state index is 9.89. The van der Waals surface area contributed by atoms with E-state index in [1.54, 1.807) is 18.6 Å². The molecule has 0 amide bonds. The summed E-state index contributed by atoms with van der Waals surface area (Å²) in [7, 11) is 0. The Bertz CT molecular complexity index is 738. The number of aliphatic hydroxyl groups is 1. The lowest BCUT2D eigenvalue weighted by atomic mass is 9.93. The molecule has 3 N–H and O–H groups in total. The van der Waals surface area contributed by atoms with E-state index in [-0.39, 0.29) is 18.2 Å². The van der Waals surface area contributed by atoms with Gasteiger partial charge in [-0.25, -0.2) is 0 Å². The van der Waals surface area contributed by atoms with Gasteiger partial charge in [0.15, 0.2) is 0 Å². The molecule has 0 aliphatic rings. The normalized spacial score (nSPS) is 15.6. The lowest BCUT2D eigenvalue weighted by Gasteiger charge is -2.32. The standard InChI is InChI=1S/C22H29N3O2/c1-3-4-11-22(2,25-21(16-26)18-8-6-5-7-9-18)12-13-24-20(15-23)19-10-14-27-17-19/h4-11,14-15,17,21,23,25-26H,3,12-13,16H2,1-2H3/b11-4-,23-15?,24-20+/t21-,22?/m1/s1. The molecule has 5 heteroatoms. The minimum absolute atomic E-state index is 0.0175. The van der Waals surface area contributed by atoms with Gasteiger partial charge in [0.05, 0.1) is 30.9 Å². The number of aliphatic hydroxyl groups excluding tert-OH is 1. The Morgan fingerprint density at radius 2 is 2.11 bits per heavy atom. The molecule has 1 heterocycles. The van der Waals surface area contributed by atoms with Crippen LogP contribution in [0.1, 0.15) is 43.9 Å². The van der Waals surface area contributed by atoms with Gasteiger partial charge >= 0.3 is 0 Å². The highest BCUT2D eigenvalue weighted by atomic mass is 16.3. The number of allylic oxidation sites excluding steroid dienone is 1. The summed E-state index contributed by atoms with van der Waals surface area (Å²) in [5.41, 5.74) is 2.14. The van der Waals surface area contributed by atoms with E-state index >= 15 is 0 Å². The molecule has 0 aliphatic heterocycles. The van der Waals surface area contributed by atoms with Crippen molar-refractivity contribution in [2.45, 2.75) is 38.3 Å². The fraction of sp³-hybridized carbons (Fsp3) is 0.364. The molecule has 2 rings (SSSR count). The van der Waals surface area contributed by atoms with Crippen molar-refractivity contribution in [3.8, 4) is 0 Å². The molecule has 0 saturated heterocycles. The highest BCUT2D eigenvalue weighted by Gasteiger charge is 2.25. The van der Waals surface area contributed by atoms with E-state index in [2.05, 4.69) is 36.3 Å². The number of aliphatic imine (C=N–C) groups is 1. The number of nitrogens with zero attached hydrogens (tertiary/aromatic N) is 1. The quantitative estimate of drug-likeness (QED) is 0.412. The second-order valence-corrected chi connectivity index (χ2v) is 6.69. The minimum atomic E-state index is -0.327. The Labute approximate surface area is 161 Å². The van der Waals surface area contributed by atoms with Crippen LogP contribution in [-0.4, -0.2) is 35.7 Å². The predicted molar refractivity (Wildman–Crippen MR) is 111 cm³/mol. The Hall–Kier alpha value is -2.50. The summed E-state index contributed by atoms with van der Waals surface area (Å²) >= 11 is 0. The first-order chi connectivity index (χ1) is 13.1. The van der Waals surface area contributed by atoms with Gasteiger partial charge in [-0.1, -0.05) is 49.4 Å². The van der Waals surface area contributed by atoms with Crippen LogP contribution >= 0.6 is 0 Å². The maximum Gasteiger partial charge on any atom is 0.0997 e. The molecule has 5 nitrogen and oxygen atoms in total. The Balaban J connectivity index is 2.12. The number of rotatable bonds is 11. The predicted octanol–water partition coefficient (Wildman–Crippen LogP) is 4.16. The summed E-state index contributed by atoms with van der Waals surface area (Å²) in [5.74, 6) is 0. The zero-order valence-corrected chi connectivity index (χ0v) is 16.1. The lowest BCUT2D eigenvalue weighted by molar-refractivity contribution is 0.217. The minimum Gasteiger partial charge on any atom is -0.472 e. The maximum atomic E-state index is 9.89. The number of nitrogens with one attached hydrogen (secondary N) is 2. The largest absolute Gasteiger partial charge is 0.472 e. The molecule has 0 fully saturated rings. The van der Waals surface area contributed by atoms with Crippen LogP contribution in [0.4, 0.5) is 0 Å². The fourth-order valence-electron chi connectivity index (χ4n) is 2.94. The highest BCUT2D eigenvalue weighted by Crippen LogP contribution is 2.21. The van der Waals surface area contributed by atoms with Crippen LogP contribution in [0.3, 0.4) is 0 Å². The van der Waals surface area contributed by atoms with Crippen LogP contribution in [0.2, 0.25) is 0 Å². The number of hydrogen-bond donors (Lipinski definition) is 3. The number of benzene rings is 1. The van der Waals surface area contributed by atoms with Crippen LogP contribution in [0.5, 0.6) is 0 Å². The highest BCUT2D eigenvalue weighted by molar-refractivity contribution is 6.37. The van der Waals surface area contributed by atoms with Gasteiger partial charge in [-0.2, -0.15) is 0 Å². The van der Waals surface area contributed by atoms with Crippen molar-refractivity contribution in [2.75, 3.05) is 13.2 Å². The lowest BCUT2D eigenvalue weighted by Crippen LogP contribution is -2.44. The van der Waals surface area contributed by atoms with Crippen molar-refractivity contribution in [1.82, 2.24) is 5.32 Å². The molecule has 0 radical (unpaired) electrons. The summed E-state index contributed by atoms with van der Waals surface area (Å²) < 4.78 is 5.08. The smallest absolute Gasteiger partial charge is 0.0997 e. The molecule has 0 saturated carbocycles. The van der Waals surface area contributed by atoms with Crippen molar-refractivity contribution < 1.29 is 9.52 Å². The summed E-state index contributed by atoms with van der Waals surface area (Å²) in [5, 5.41) is 21.0. The Morgan fingerprint density at radius 1 is 1.33 bits per heavy atom. The number of hydrogen-bond acceptors (Lipinski definition) is 5. The average Bonchev–Trinajstić information content (AvgIpc) is 3.23. The van der Waals surface area contributed by atoms with Gasteiger partial charge in [-0.05, 0) is 31.4 Å². The molecule has 0 aliphatic carbocycles. The molecular formula is C22H29N3O2. The molecule has 0 bridgehead atoms. The van der Waals surface area contributed by atoms with Gasteiger partial charge in [0.25, 0.3) is 0 Å². The van der Waals surface area contributed by atoms with Crippen molar-refractivity contribution in [3.05, 3.63) is 72.2 Å². The molecule has 2 aromatic rings. The van der Waals surface area contributed by atoms with Crippen LogP contribution in [0, 0.1) is 5.41 Å².